The Bertz CT molecular complexity index is 1140. The van der Waals surface area contributed by atoms with Gasteiger partial charge in [-0.1, -0.05) is 5.16 Å². The van der Waals surface area contributed by atoms with Crippen LogP contribution in [0.2, 0.25) is 0 Å². The quantitative estimate of drug-likeness (QED) is 0.684. The molecule has 2 aliphatic rings. The van der Waals surface area contributed by atoms with Crippen LogP contribution in [-0.2, 0) is 15.3 Å². The van der Waals surface area contributed by atoms with Gasteiger partial charge in [-0.25, -0.2) is 8.42 Å². The minimum atomic E-state index is -4.64. The number of carbonyl (C=O) groups excluding carboxylic acids is 1. The Balaban J connectivity index is 1.65. The average Bonchev–Trinajstić information content (AvgIpc) is 2.99. The number of aromatic nitrogens is 1. The molecule has 2 aromatic rings. The predicted octanol–water partition coefficient (Wildman–Crippen LogP) is 3.13. The van der Waals surface area contributed by atoms with E-state index < -0.39 is 28.0 Å². The summed E-state index contributed by atoms with van der Waals surface area (Å²) in [6.45, 7) is 3.30. The fourth-order valence-electron chi connectivity index (χ4n) is 4.07. The van der Waals surface area contributed by atoms with E-state index in [1.165, 1.54) is 4.90 Å². The molecule has 1 aromatic carbocycles. The molecule has 31 heavy (non-hydrogen) atoms. The third-order valence-electron chi connectivity index (χ3n) is 5.95. The molecule has 1 amide bonds. The Kier molecular flexibility index (Phi) is 4.87. The van der Waals surface area contributed by atoms with Crippen molar-refractivity contribution in [1.29, 1.82) is 0 Å². The molecule has 1 aliphatic heterocycles. The highest BCUT2D eigenvalue weighted by Crippen LogP contribution is 2.59. The molecule has 1 aromatic heterocycles. The van der Waals surface area contributed by atoms with Crippen molar-refractivity contribution in [3.63, 3.8) is 0 Å². The minimum absolute atomic E-state index is 0.164. The molecule has 1 saturated carbocycles. The number of sulfone groups is 1. The number of piperidine rings is 1. The summed E-state index contributed by atoms with van der Waals surface area (Å²) in [5.41, 5.74) is 0.200. The van der Waals surface area contributed by atoms with Gasteiger partial charge in [0.1, 0.15) is 11.5 Å². The first-order chi connectivity index (χ1) is 14.3. The Labute approximate surface area is 177 Å². The molecule has 4 rings (SSSR count). The lowest BCUT2D eigenvalue weighted by atomic mass is 10.0. The lowest BCUT2D eigenvalue weighted by molar-refractivity contribution is -0.189. The Hall–Kier alpha value is -2.56. The second-order valence-corrected chi connectivity index (χ2v) is 10.3. The zero-order valence-corrected chi connectivity index (χ0v) is 17.9. The van der Waals surface area contributed by atoms with Gasteiger partial charge in [0.05, 0.1) is 16.2 Å². The predicted molar refractivity (Wildman–Crippen MR) is 103 cm³/mol. The summed E-state index contributed by atoms with van der Waals surface area (Å²) in [6, 6.07) is 5.12. The third-order valence-corrected chi connectivity index (χ3v) is 7.06. The monoisotopic (exact) mass is 458 g/mol. The Morgan fingerprint density at radius 1 is 1.35 bits per heavy atom. The summed E-state index contributed by atoms with van der Waals surface area (Å²) in [7, 11) is -3.68. The molecule has 0 N–H and O–H groups in total. The number of amides is 1. The van der Waals surface area contributed by atoms with Crippen molar-refractivity contribution in [1.82, 2.24) is 10.1 Å². The number of carbonyl (C=O) groups is 1. The SMILES string of the molecule is Cc1cc(C23CC2CN(C(=O)c2cc(S(C)(=O)=O)ccc2O[C@@H](C)C(F)(F)F)C3)no1. The Morgan fingerprint density at radius 2 is 2.06 bits per heavy atom. The maximum Gasteiger partial charge on any atom is 0.425 e. The highest BCUT2D eigenvalue weighted by atomic mass is 32.2. The number of nitrogens with zero attached hydrogens (tertiary/aromatic N) is 2. The number of hydrogen-bond donors (Lipinski definition) is 0. The van der Waals surface area contributed by atoms with Gasteiger partial charge < -0.3 is 14.2 Å². The second-order valence-electron chi connectivity index (χ2n) is 8.30. The molecule has 2 unspecified atom stereocenters. The first-order valence-electron chi connectivity index (χ1n) is 9.62. The first kappa shape index (κ1) is 21.7. The number of ether oxygens (including phenoxy) is 1. The van der Waals surface area contributed by atoms with Crippen molar-refractivity contribution in [3.05, 3.63) is 41.3 Å². The van der Waals surface area contributed by atoms with Gasteiger partial charge >= 0.3 is 6.18 Å². The zero-order valence-electron chi connectivity index (χ0n) is 17.1. The molecule has 0 radical (unpaired) electrons. The van der Waals surface area contributed by atoms with Gasteiger partial charge in [-0.05, 0) is 44.4 Å². The van der Waals surface area contributed by atoms with Crippen molar-refractivity contribution in [3.8, 4) is 5.75 Å². The minimum Gasteiger partial charge on any atom is -0.480 e. The van der Waals surface area contributed by atoms with Gasteiger partial charge in [0.2, 0.25) is 0 Å². The number of alkyl halides is 3. The molecular weight excluding hydrogens is 437 g/mol. The van der Waals surface area contributed by atoms with Crippen molar-refractivity contribution in [2.75, 3.05) is 19.3 Å². The van der Waals surface area contributed by atoms with Crippen LogP contribution in [0.5, 0.6) is 5.75 Å². The van der Waals surface area contributed by atoms with Crippen LogP contribution >= 0.6 is 0 Å². The van der Waals surface area contributed by atoms with Gasteiger partial charge in [0.25, 0.3) is 5.91 Å². The maximum atomic E-state index is 13.2. The molecule has 2 fully saturated rings. The number of fused-ring (bicyclic) bond motifs is 1. The molecule has 0 spiro atoms. The van der Waals surface area contributed by atoms with Gasteiger partial charge in [-0.3, -0.25) is 4.79 Å². The zero-order chi connectivity index (χ0) is 22.8. The van der Waals surface area contributed by atoms with E-state index in [-0.39, 0.29) is 27.5 Å². The standard InChI is InChI=1S/C20H21F3N2O5S/c1-11-6-17(24-30-11)19-8-13(19)9-25(10-19)18(26)15-7-14(31(3,27)28)4-5-16(15)29-12(2)20(21,22)23/h4-7,12-13H,8-10H2,1-3H3/t12-,13?,19?/m0/s1. The number of likely N-dealkylation sites (tertiary alicyclic amines) is 1. The van der Waals surface area contributed by atoms with Crippen molar-refractivity contribution in [2.45, 2.75) is 42.9 Å². The molecular formula is C20H21F3N2O5S. The van der Waals surface area contributed by atoms with Crippen LogP contribution in [0, 0.1) is 12.8 Å². The van der Waals surface area contributed by atoms with E-state index in [1.54, 1.807) is 6.92 Å². The van der Waals surface area contributed by atoms with E-state index in [4.69, 9.17) is 9.26 Å². The molecule has 11 heteroatoms. The van der Waals surface area contributed by atoms with Crippen LogP contribution in [0.4, 0.5) is 13.2 Å². The van der Waals surface area contributed by atoms with E-state index in [1.807, 2.05) is 6.07 Å². The summed E-state index contributed by atoms with van der Waals surface area (Å²) >= 11 is 0. The molecule has 1 saturated heterocycles. The molecule has 0 bridgehead atoms. The largest absolute Gasteiger partial charge is 0.480 e. The van der Waals surface area contributed by atoms with Crippen LogP contribution in [0.25, 0.3) is 0 Å². The lowest BCUT2D eigenvalue weighted by Crippen LogP contribution is -2.35. The number of halogens is 3. The van der Waals surface area contributed by atoms with Crippen molar-refractivity contribution < 1.29 is 35.6 Å². The third kappa shape index (κ3) is 3.90. The van der Waals surface area contributed by atoms with E-state index in [2.05, 4.69) is 5.16 Å². The van der Waals surface area contributed by atoms with Crippen molar-refractivity contribution >= 4 is 15.7 Å². The summed E-state index contributed by atoms with van der Waals surface area (Å²) in [4.78, 5) is 14.6. The number of rotatable bonds is 5. The average molecular weight is 458 g/mol. The van der Waals surface area contributed by atoms with Gasteiger partial charge in [0.15, 0.2) is 15.9 Å². The van der Waals surface area contributed by atoms with Crippen LogP contribution in [0.1, 0.15) is 35.2 Å². The first-order valence-corrected chi connectivity index (χ1v) is 11.5. The number of aryl methyl sites for hydroxylation is 1. The molecule has 168 valence electrons. The van der Waals surface area contributed by atoms with E-state index in [0.29, 0.717) is 18.8 Å². The summed E-state index contributed by atoms with van der Waals surface area (Å²) in [6.07, 6.45) is -5.01. The van der Waals surface area contributed by atoms with E-state index in [0.717, 1.165) is 43.5 Å². The molecule has 3 atom stereocenters. The van der Waals surface area contributed by atoms with Crippen LogP contribution in [0.15, 0.2) is 33.7 Å². The van der Waals surface area contributed by atoms with Crippen molar-refractivity contribution in [2.24, 2.45) is 5.92 Å². The number of benzene rings is 1. The summed E-state index contributed by atoms with van der Waals surface area (Å²) in [5.74, 6) is -0.0780. The molecule has 1 aliphatic carbocycles. The van der Waals surface area contributed by atoms with Crippen LogP contribution < -0.4 is 4.74 Å². The molecule has 2 heterocycles. The maximum absolute atomic E-state index is 13.2. The fraction of sp³-hybridized carbons (Fsp3) is 0.500. The van der Waals surface area contributed by atoms with E-state index >= 15 is 0 Å². The topological polar surface area (TPSA) is 89.7 Å². The highest BCUT2D eigenvalue weighted by molar-refractivity contribution is 7.90. The summed E-state index contributed by atoms with van der Waals surface area (Å²) < 4.78 is 73.1. The fourth-order valence-corrected chi connectivity index (χ4v) is 4.72. The summed E-state index contributed by atoms with van der Waals surface area (Å²) in [5, 5.41) is 4.07. The second kappa shape index (κ2) is 6.98. The Morgan fingerprint density at radius 3 is 2.65 bits per heavy atom. The highest BCUT2D eigenvalue weighted by Gasteiger charge is 2.63. The van der Waals surface area contributed by atoms with Gasteiger partial charge in [-0.2, -0.15) is 13.2 Å². The molecule has 7 nitrogen and oxygen atoms in total. The van der Waals surface area contributed by atoms with Gasteiger partial charge in [0, 0.05) is 30.8 Å². The van der Waals surface area contributed by atoms with Crippen LogP contribution in [0.3, 0.4) is 0 Å². The van der Waals surface area contributed by atoms with E-state index in [9.17, 15) is 26.4 Å². The lowest BCUT2D eigenvalue weighted by Gasteiger charge is -2.24. The smallest absolute Gasteiger partial charge is 0.425 e. The number of hydrogen-bond acceptors (Lipinski definition) is 6. The normalized spacial score (nSPS) is 24.1. The van der Waals surface area contributed by atoms with Crippen LogP contribution in [-0.4, -0.2) is 56.0 Å². The van der Waals surface area contributed by atoms with Gasteiger partial charge in [-0.15, -0.1) is 0 Å².